The first kappa shape index (κ1) is 18.0. The van der Waals surface area contributed by atoms with Gasteiger partial charge in [0.15, 0.2) is 5.96 Å². The lowest BCUT2D eigenvalue weighted by Crippen LogP contribution is -2.49. The van der Waals surface area contributed by atoms with E-state index in [1.54, 1.807) is 11.9 Å². The number of likely N-dealkylation sites (N-methyl/N-ethyl adjacent to an activating group) is 1. The van der Waals surface area contributed by atoms with Crippen molar-refractivity contribution >= 4 is 11.9 Å². The van der Waals surface area contributed by atoms with E-state index in [9.17, 15) is 4.79 Å². The van der Waals surface area contributed by atoms with Crippen LogP contribution < -0.4 is 10.6 Å². The zero-order valence-electron chi connectivity index (χ0n) is 14.5. The van der Waals surface area contributed by atoms with Gasteiger partial charge in [0.05, 0.1) is 19.3 Å². The number of nitrogens with one attached hydrogen (secondary N) is 2. The van der Waals surface area contributed by atoms with Gasteiger partial charge in [-0.1, -0.05) is 0 Å². The van der Waals surface area contributed by atoms with Gasteiger partial charge in [0.2, 0.25) is 5.91 Å². The van der Waals surface area contributed by atoms with Crippen LogP contribution in [-0.2, 0) is 11.3 Å². The third-order valence-corrected chi connectivity index (χ3v) is 2.85. The number of guanidine groups is 1. The second-order valence-corrected chi connectivity index (χ2v) is 6.41. The van der Waals surface area contributed by atoms with Gasteiger partial charge in [0.25, 0.3) is 0 Å². The molecular formula is C15H28N6O. The minimum absolute atomic E-state index is 0.0272. The lowest BCUT2D eigenvalue weighted by Gasteiger charge is -2.25. The van der Waals surface area contributed by atoms with E-state index in [2.05, 4.69) is 20.7 Å². The monoisotopic (exact) mass is 308 g/mol. The molecule has 7 heteroatoms. The second-order valence-electron chi connectivity index (χ2n) is 6.41. The van der Waals surface area contributed by atoms with Gasteiger partial charge in [-0.05, 0) is 33.3 Å². The maximum Gasteiger partial charge on any atom is 0.240 e. The quantitative estimate of drug-likeness (QED) is 0.617. The maximum atomic E-state index is 11.9. The fraction of sp³-hybridized carbons (Fsp3) is 0.667. The third-order valence-electron chi connectivity index (χ3n) is 2.85. The molecule has 7 nitrogen and oxygen atoms in total. The molecule has 1 amide bonds. The first-order valence-corrected chi connectivity index (χ1v) is 7.43. The molecule has 0 unspecified atom stereocenters. The standard InChI is InChI=1S/C15H28N6O/c1-12-9-18-21(10-12)8-7-17-14(16-5)20(6)11-13(22)19-15(2,3)4/h9-10H,7-8,11H2,1-6H3,(H,16,17)(H,19,22). The Labute approximate surface area is 132 Å². The number of nitrogens with zero attached hydrogens (tertiary/aromatic N) is 4. The predicted molar refractivity (Wildman–Crippen MR) is 88.9 cm³/mol. The summed E-state index contributed by atoms with van der Waals surface area (Å²) < 4.78 is 1.88. The second kappa shape index (κ2) is 7.82. The normalized spacial score (nSPS) is 12.2. The molecule has 0 aliphatic heterocycles. The van der Waals surface area contributed by atoms with Crippen LogP contribution in [0.1, 0.15) is 26.3 Å². The molecule has 0 fully saturated rings. The molecule has 0 aliphatic rings. The molecule has 1 heterocycles. The van der Waals surface area contributed by atoms with Crippen molar-refractivity contribution < 1.29 is 4.79 Å². The SMILES string of the molecule is CN=C(NCCn1cc(C)cn1)N(C)CC(=O)NC(C)(C)C. The highest BCUT2D eigenvalue weighted by Crippen LogP contribution is 1.98. The van der Waals surface area contributed by atoms with Crippen LogP contribution in [0.25, 0.3) is 0 Å². The Morgan fingerprint density at radius 1 is 1.45 bits per heavy atom. The van der Waals surface area contributed by atoms with Gasteiger partial charge in [-0.2, -0.15) is 5.10 Å². The molecule has 0 aromatic carbocycles. The summed E-state index contributed by atoms with van der Waals surface area (Å²) in [5, 5.41) is 10.4. The van der Waals surface area contributed by atoms with Gasteiger partial charge in [0.1, 0.15) is 0 Å². The third kappa shape index (κ3) is 6.60. The average molecular weight is 308 g/mol. The van der Waals surface area contributed by atoms with Crippen molar-refractivity contribution in [3.05, 3.63) is 18.0 Å². The zero-order valence-corrected chi connectivity index (χ0v) is 14.5. The van der Waals surface area contributed by atoms with Crippen LogP contribution in [0.5, 0.6) is 0 Å². The van der Waals surface area contributed by atoms with Gasteiger partial charge >= 0.3 is 0 Å². The number of aliphatic imine (C=N–C) groups is 1. The first-order chi connectivity index (χ1) is 10.2. The number of carbonyl (C=O) groups is 1. The molecule has 0 bridgehead atoms. The Kier molecular flexibility index (Phi) is 6.39. The maximum absolute atomic E-state index is 11.9. The van der Waals surface area contributed by atoms with Crippen molar-refractivity contribution in [1.29, 1.82) is 0 Å². The van der Waals surface area contributed by atoms with E-state index in [-0.39, 0.29) is 18.0 Å². The summed E-state index contributed by atoms with van der Waals surface area (Å²) in [5.41, 5.74) is 0.910. The number of aryl methyl sites for hydroxylation is 1. The van der Waals surface area contributed by atoms with Gasteiger partial charge < -0.3 is 15.5 Å². The lowest BCUT2D eigenvalue weighted by atomic mass is 10.1. The highest BCUT2D eigenvalue weighted by molar-refractivity contribution is 5.86. The highest BCUT2D eigenvalue weighted by atomic mass is 16.2. The van der Waals surface area contributed by atoms with E-state index >= 15 is 0 Å². The van der Waals surface area contributed by atoms with Crippen molar-refractivity contribution in [2.24, 2.45) is 4.99 Å². The summed E-state index contributed by atoms with van der Waals surface area (Å²) in [6, 6.07) is 0. The van der Waals surface area contributed by atoms with Crippen LogP contribution in [0.3, 0.4) is 0 Å². The fourth-order valence-corrected chi connectivity index (χ4v) is 2.00. The van der Waals surface area contributed by atoms with Gasteiger partial charge in [-0.25, -0.2) is 0 Å². The molecule has 0 atom stereocenters. The number of carbonyl (C=O) groups excluding carboxylic acids is 1. The molecular weight excluding hydrogens is 280 g/mol. The van der Waals surface area contributed by atoms with E-state index in [0.717, 1.165) is 12.1 Å². The topological polar surface area (TPSA) is 74.5 Å². The highest BCUT2D eigenvalue weighted by Gasteiger charge is 2.16. The molecule has 2 N–H and O–H groups in total. The van der Waals surface area contributed by atoms with E-state index in [0.29, 0.717) is 12.5 Å². The molecule has 0 spiro atoms. The Morgan fingerprint density at radius 3 is 2.64 bits per heavy atom. The van der Waals surface area contributed by atoms with Crippen LogP contribution in [-0.4, -0.2) is 59.3 Å². The molecule has 1 rings (SSSR count). The first-order valence-electron chi connectivity index (χ1n) is 7.43. The molecule has 1 aromatic heterocycles. The van der Waals surface area contributed by atoms with Crippen LogP contribution >= 0.6 is 0 Å². The predicted octanol–water partition coefficient (Wildman–Crippen LogP) is 0.613. The summed E-state index contributed by atoms with van der Waals surface area (Å²) in [7, 11) is 3.55. The number of rotatable bonds is 5. The summed E-state index contributed by atoms with van der Waals surface area (Å²) in [5.74, 6) is 0.661. The molecule has 124 valence electrons. The van der Waals surface area contributed by atoms with Crippen molar-refractivity contribution in [3.63, 3.8) is 0 Å². The number of amides is 1. The lowest BCUT2D eigenvalue weighted by molar-refractivity contribution is -0.122. The number of hydrogen-bond donors (Lipinski definition) is 2. The van der Waals surface area contributed by atoms with E-state index in [1.807, 2.05) is 51.8 Å². The minimum atomic E-state index is -0.229. The van der Waals surface area contributed by atoms with Gasteiger partial charge in [-0.3, -0.25) is 14.5 Å². The summed E-state index contributed by atoms with van der Waals surface area (Å²) in [6.07, 6.45) is 3.82. The summed E-state index contributed by atoms with van der Waals surface area (Å²) in [4.78, 5) is 17.9. The molecule has 0 aliphatic carbocycles. The summed E-state index contributed by atoms with van der Waals surface area (Å²) in [6.45, 7) is 9.60. The Hall–Kier alpha value is -2.05. The Bertz CT molecular complexity index is 514. The molecule has 1 aromatic rings. The molecule has 0 saturated heterocycles. The fourth-order valence-electron chi connectivity index (χ4n) is 2.00. The summed E-state index contributed by atoms with van der Waals surface area (Å²) >= 11 is 0. The van der Waals surface area contributed by atoms with Crippen LogP contribution in [0.2, 0.25) is 0 Å². The van der Waals surface area contributed by atoms with Crippen molar-refractivity contribution in [2.75, 3.05) is 27.2 Å². The average Bonchev–Trinajstić information content (AvgIpc) is 2.77. The zero-order chi connectivity index (χ0) is 16.8. The Morgan fingerprint density at radius 2 is 2.14 bits per heavy atom. The largest absolute Gasteiger partial charge is 0.354 e. The van der Waals surface area contributed by atoms with Gasteiger partial charge in [0, 0.05) is 32.4 Å². The van der Waals surface area contributed by atoms with Crippen molar-refractivity contribution in [3.8, 4) is 0 Å². The number of aromatic nitrogens is 2. The smallest absolute Gasteiger partial charge is 0.240 e. The molecule has 22 heavy (non-hydrogen) atoms. The molecule has 0 radical (unpaired) electrons. The van der Waals surface area contributed by atoms with Crippen LogP contribution in [0.15, 0.2) is 17.4 Å². The van der Waals surface area contributed by atoms with E-state index < -0.39 is 0 Å². The van der Waals surface area contributed by atoms with Crippen LogP contribution in [0.4, 0.5) is 0 Å². The van der Waals surface area contributed by atoms with Crippen molar-refractivity contribution in [2.45, 2.75) is 39.8 Å². The molecule has 0 saturated carbocycles. The van der Waals surface area contributed by atoms with E-state index in [4.69, 9.17) is 0 Å². The number of hydrogen-bond acceptors (Lipinski definition) is 3. The van der Waals surface area contributed by atoms with E-state index in [1.165, 1.54) is 0 Å². The Balaban J connectivity index is 2.41. The van der Waals surface area contributed by atoms with Crippen LogP contribution in [0, 0.1) is 6.92 Å². The van der Waals surface area contributed by atoms with Gasteiger partial charge in [-0.15, -0.1) is 0 Å². The van der Waals surface area contributed by atoms with Crippen molar-refractivity contribution in [1.82, 2.24) is 25.3 Å². The minimum Gasteiger partial charge on any atom is -0.354 e.